The lowest BCUT2D eigenvalue weighted by atomic mass is 10.2. The van der Waals surface area contributed by atoms with Crippen LogP contribution < -0.4 is 5.32 Å². The van der Waals surface area contributed by atoms with Crippen molar-refractivity contribution in [3.05, 3.63) is 41.0 Å². The fourth-order valence-electron chi connectivity index (χ4n) is 2.03. The summed E-state index contributed by atoms with van der Waals surface area (Å²) in [5.41, 5.74) is 0.616. The van der Waals surface area contributed by atoms with E-state index >= 15 is 0 Å². The third kappa shape index (κ3) is 4.63. The molecule has 0 atom stereocenters. The van der Waals surface area contributed by atoms with Crippen molar-refractivity contribution >= 4 is 22.4 Å². The predicted molar refractivity (Wildman–Crippen MR) is 86.1 cm³/mol. The second-order valence-electron chi connectivity index (χ2n) is 5.17. The van der Waals surface area contributed by atoms with Crippen LogP contribution in [0.5, 0.6) is 0 Å². The van der Waals surface area contributed by atoms with Crippen molar-refractivity contribution in [3.8, 4) is 11.4 Å². The number of carbonyl (C=O) groups excluding carboxylic acids is 1. The molecule has 3 rings (SSSR count). The Morgan fingerprint density at radius 2 is 2.00 bits per heavy atom. The molecule has 11 heteroatoms. The third-order valence-corrected chi connectivity index (χ3v) is 4.08. The quantitative estimate of drug-likeness (QED) is 0.670. The first-order chi connectivity index (χ1) is 12.5. The average Bonchev–Trinajstić information content (AvgIpc) is 3.25. The lowest BCUT2D eigenvalue weighted by molar-refractivity contribution is -0.116. The molecule has 1 amide bonds. The molecule has 0 unspecified atom stereocenters. The van der Waals surface area contributed by atoms with Gasteiger partial charge in [0.05, 0.1) is 0 Å². The zero-order chi connectivity index (χ0) is 18.5. The number of aryl methyl sites for hydroxylation is 1. The second kappa shape index (κ2) is 8.04. The number of nitrogens with one attached hydrogen (secondary N) is 1. The minimum atomic E-state index is -2.72. The van der Waals surface area contributed by atoms with E-state index in [0.29, 0.717) is 41.5 Å². The van der Waals surface area contributed by atoms with Crippen LogP contribution in [-0.4, -0.2) is 26.2 Å². The van der Waals surface area contributed by atoms with Crippen LogP contribution in [0.1, 0.15) is 30.2 Å². The van der Waals surface area contributed by atoms with Gasteiger partial charge in [0, 0.05) is 18.4 Å². The van der Waals surface area contributed by atoms with Gasteiger partial charge in [-0.2, -0.15) is 4.98 Å². The van der Waals surface area contributed by atoms with Crippen LogP contribution in [-0.2, 0) is 11.2 Å². The van der Waals surface area contributed by atoms with Crippen molar-refractivity contribution in [2.24, 2.45) is 0 Å². The number of alkyl halides is 2. The SMILES string of the molecule is O=C(CCCc1nc(-c2ccc(F)cc2)no1)Nc1nnc(C(F)F)s1. The van der Waals surface area contributed by atoms with Crippen molar-refractivity contribution < 1.29 is 22.5 Å². The van der Waals surface area contributed by atoms with Crippen molar-refractivity contribution in [2.75, 3.05) is 5.32 Å². The molecule has 2 aromatic heterocycles. The Balaban J connectivity index is 1.47. The fraction of sp³-hybridized carbons (Fsp3) is 0.267. The zero-order valence-electron chi connectivity index (χ0n) is 13.2. The molecule has 7 nitrogen and oxygen atoms in total. The van der Waals surface area contributed by atoms with Gasteiger partial charge in [0.1, 0.15) is 5.82 Å². The highest BCUT2D eigenvalue weighted by atomic mass is 32.1. The topological polar surface area (TPSA) is 93.8 Å². The summed E-state index contributed by atoms with van der Waals surface area (Å²) >= 11 is 0.629. The Hall–Kier alpha value is -2.82. The largest absolute Gasteiger partial charge is 0.339 e. The van der Waals surface area contributed by atoms with Crippen molar-refractivity contribution in [3.63, 3.8) is 0 Å². The Labute approximate surface area is 149 Å². The Morgan fingerprint density at radius 1 is 1.23 bits per heavy atom. The van der Waals surface area contributed by atoms with E-state index in [1.54, 1.807) is 0 Å². The lowest BCUT2D eigenvalue weighted by Gasteiger charge is -1.99. The zero-order valence-corrected chi connectivity index (χ0v) is 14.0. The summed E-state index contributed by atoms with van der Waals surface area (Å²) in [6.45, 7) is 0. The van der Waals surface area contributed by atoms with Gasteiger partial charge < -0.3 is 9.84 Å². The molecule has 0 radical (unpaired) electrons. The smallest absolute Gasteiger partial charge is 0.291 e. The van der Waals surface area contributed by atoms with E-state index in [-0.39, 0.29) is 23.3 Å². The molecule has 0 aliphatic carbocycles. The van der Waals surface area contributed by atoms with Crippen LogP contribution in [0, 0.1) is 5.82 Å². The number of amides is 1. The Bertz CT molecular complexity index is 882. The Kier molecular flexibility index (Phi) is 5.56. The lowest BCUT2D eigenvalue weighted by Crippen LogP contribution is -2.11. The van der Waals surface area contributed by atoms with Gasteiger partial charge in [0.15, 0.2) is 5.01 Å². The number of anilines is 1. The molecule has 0 spiro atoms. The van der Waals surface area contributed by atoms with E-state index in [9.17, 15) is 18.0 Å². The number of hydrogen-bond donors (Lipinski definition) is 1. The van der Waals surface area contributed by atoms with Gasteiger partial charge >= 0.3 is 0 Å². The summed E-state index contributed by atoms with van der Waals surface area (Å²) in [6.07, 6.45) is -1.82. The molecule has 1 N–H and O–H groups in total. The molecular formula is C15H12F3N5O2S. The maximum absolute atomic E-state index is 12.9. The van der Waals surface area contributed by atoms with Gasteiger partial charge in [-0.1, -0.05) is 16.5 Å². The van der Waals surface area contributed by atoms with Gasteiger partial charge in [0.25, 0.3) is 6.43 Å². The standard InChI is InChI=1S/C15H12F3N5O2S/c16-9-6-4-8(5-7-9)13-20-11(25-23-13)3-1-2-10(24)19-15-22-21-14(26-15)12(17)18/h4-7,12H,1-3H2,(H,19,22,24). The van der Waals surface area contributed by atoms with Crippen molar-refractivity contribution in [1.82, 2.24) is 20.3 Å². The van der Waals surface area contributed by atoms with Gasteiger partial charge in [-0.3, -0.25) is 4.79 Å². The normalized spacial score (nSPS) is 11.1. The molecular weight excluding hydrogens is 371 g/mol. The number of hydrogen-bond acceptors (Lipinski definition) is 7. The van der Waals surface area contributed by atoms with Crippen molar-refractivity contribution in [1.29, 1.82) is 0 Å². The first-order valence-corrected chi connectivity index (χ1v) is 8.33. The van der Waals surface area contributed by atoms with Gasteiger partial charge in [-0.05, 0) is 30.7 Å². The summed E-state index contributed by atoms with van der Waals surface area (Å²) in [4.78, 5) is 16.0. The van der Waals surface area contributed by atoms with E-state index in [4.69, 9.17) is 4.52 Å². The number of aromatic nitrogens is 4. The summed E-state index contributed by atoms with van der Waals surface area (Å²) < 4.78 is 42.8. The molecule has 0 aliphatic rings. The monoisotopic (exact) mass is 383 g/mol. The van der Waals surface area contributed by atoms with Gasteiger partial charge in [0.2, 0.25) is 22.8 Å². The first kappa shape index (κ1) is 18.0. The summed E-state index contributed by atoms with van der Waals surface area (Å²) in [5.74, 6) is -0.0642. The van der Waals surface area contributed by atoms with Crippen LogP contribution in [0.25, 0.3) is 11.4 Å². The van der Waals surface area contributed by atoms with Crippen LogP contribution in [0.2, 0.25) is 0 Å². The molecule has 0 fully saturated rings. The molecule has 0 saturated heterocycles. The van der Waals surface area contributed by atoms with Crippen LogP contribution in [0.15, 0.2) is 28.8 Å². The van der Waals surface area contributed by atoms with E-state index in [1.807, 2.05) is 0 Å². The average molecular weight is 383 g/mol. The van der Waals surface area contributed by atoms with Crippen LogP contribution in [0.3, 0.4) is 0 Å². The minimum absolute atomic E-state index is 0.0293. The fourth-order valence-corrected chi connectivity index (χ4v) is 2.64. The molecule has 1 aromatic carbocycles. The predicted octanol–water partition coefficient (Wildman–Crippen LogP) is 3.63. The number of carbonyl (C=O) groups is 1. The number of halogens is 3. The van der Waals surface area contributed by atoms with E-state index < -0.39 is 11.4 Å². The highest BCUT2D eigenvalue weighted by molar-refractivity contribution is 7.15. The summed E-state index contributed by atoms with van der Waals surface area (Å²) in [7, 11) is 0. The number of nitrogens with zero attached hydrogens (tertiary/aromatic N) is 4. The third-order valence-electron chi connectivity index (χ3n) is 3.24. The van der Waals surface area contributed by atoms with Gasteiger partial charge in [-0.15, -0.1) is 10.2 Å². The molecule has 136 valence electrons. The highest BCUT2D eigenvalue weighted by Crippen LogP contribution is 2.25. The second-order valence-corrected chi connectivity index (χ2v) is 6.18. The summed E-state index contributed by atoms with van der Waals surface area (Å²) in [5, 5.41) is 12.6. The van der Waals surface area contributed by atoms with Gasteiger partial charge in [-0.25, -0.2) is 13.2 Å². The highest BCUT2D eigenvalue weighted by Gasteiger charge is 2.15. The van der Waals surface area contributed by atoms with E-state index in [2.05, 4.69) is 25.7 Å². The molecule has 26 heavy (non-hydrogen) atoms. The molecule has 0 saturated carbocycles. The minimum Gasteiger partial charge on any atom is -0.339 e. The Morgan fingerprint density at radius 3 is 2.69 bits per heavy atom. The molecule has 3 aromatic rings. The molecule has 0 aliphatic heterocycles. The maximum atomic E-state index is 12.9. The van der Waals surface area contributed by atoms with E-state index in [0.717, 1.165) is 0 Å². The number of benzene rings is 1. The van der Waals surface area contributed by atoms with Crippen LogP contribution >= 0.6 is 11.3 Å². The first-order valence-electron chi connectivity index (χ1n) is 7.51. The van der Waals surface area contributed by atoms with Crippen molar-refractivity contribution in [2.45, 2.75) is 25.7 Å². The van der Waals surface area contributed by atoms with E-state index in [1.165, 1.54) is 24.3 Å². The molecule has 2 heterocycles. The molecule has 0 bridgehead atoms. The summed E-state index contributed by atoms with van der Waals surface area (Å²) in [6, 6.07) is 5.66. The maximum Gasteiger partial charge on any atom is 0.291 e. The van der Waals surface area contributed by atoms with Crippen LogP contribution in [0.4, 0.5) is 18.3 Å². The number of rotatable bonds is 7.